The van der Waals surface area contributed by atoms with Gasteiger partial charge >= 0.3 is 0 Å². The Bertz CT molecular complexity index is 404. The molecule has 14 heavy (non-hydrogen) atoms. The first kappa shape index (κ1) is 10.0. The van der Waals surface area contributed by atoms with Crippen LogP contribution in [0.5, 0.6) is 5.75 Å². The van der Waals surface area contributed by atoms with Crippen LogP contribution in [0.25, 0.3) is 0 Å². The number of nitriles is 2. The maximum absolute atomic E-state index is 13.1. The van der Waals surface area contributed by atoms with Gasteiger partial charge in [-0.15, -0.1) is 0 Å². The maximum Gasteiger partial charge on any atom is 0.166 e. The summed E-state index contributed by atoms with van der Waals surface area (Å²) in [7, 11) is 0. The molecule has 0 saturated heterocycles. The molecule has 0 bridgehead atoms. The molecule has 70 valence electrons. The highest BCUT2D eigenvalue weighted by Crippen LogP contribution is 2.17. The summed E-state index contributed by atoms with van der Waals surface area (Å²) in [5.41, 5.74) is 0.245. The van der Waals surface area contributed by atoms with Gasteiger partial charge in [0.15, 0.2) is 11.6 Å². The zero-order valence-electron chi connectivity index (χ0n) is 7.33. The minimum Gasteiger partial charge on any atom is -0.489 e. The molecule has 0 aliphatic rings. The van der Waals surface area contributed by atoms with Crippen molar-refractivity contribution in [2.45, 2.75) is 6.42 Å². The van der Waals surface area contributed by atoms with Crippen LogP contribution < -0.4 is 4.74 Å². The van der Waals surface area contributed by atoms with Gasteiger partial charge in [-0.2, -0.15) is 10.5 Å². The summed E-state index contributed by atoms with van der Waals surface area (Å²) in [5.74, 6) is -0.513. The molecule has 0 amide bonds. The van der Waals surface area contributed by atoms with E-state index in [9.17, 15) is 4.39 Å². The maximum atomic E-state index is 13.1. The van der Waals surface area contributed by atoms with E-state index in [1.54, 1.807) is 0 Å². The molecule has 0 N–H and O–H groups in total. The SMILES string of the molecule is N#CCCOc1ccc(C#N)cc1F. The molecule has 0 aliphatic carbocycles. The van der Waals surface area contributed by atoms with Crippen LogP contribution in [-0.4, -0.2) is 6.61 Å². The standard InChI is InChI=1S/C10H7FN2O/c11-9-6-8(7-13)2-3-10(9)14-5-1-4-12/h2-3,6H,1,5H2. The molecule has 0 radical (unpaired) electrons. The molecule has 0 fully saturated rings. The molecule has 1 rings (SSSR count). The molecule has 1 aromatic carbocycles. The zero-order chi connectivity index (χ0) is 10.4. The van der Waals surface area contributed by atoms with Crippen molar-refractivity contribution < 1.29 is 9.13 Å². The smallest absolute Gasteiger partial charge is 0.166 e. The molecular formula is C10H7FN2O. The van der Waals surface area contributed by atoms with E-state index in [2.05, 4.69) is 0 Å². The Balaban J connectivity index is 2.71. The second-order valence-corrected chi connectivity index (χ2v) is 2.51. The molecule has 4 heteroatoms. The fourth-order valence-corrected chi connectivity index (χ4v) is 0.894. The van der Waals surface area contributed by atoms with Gasteiger partial charge in [0.1, 0.15) is 6.61 Å². The largest absolute Gasteiger partial charge is 0.489 e. The van der Waals surface area contributed by atoms with E-state index in [1.807, 2.05) is 12.1 Å². The molecule has 0 aromatic heterocycles. The van der Waals surface area contributed by atoms with Crippen molar-refractivity contribution in [2.24, 2.45) is 0 Å². The lowest BCUT2D eigenvalue weighted by atomic mass is 10.2. The van der Waals surface area contributed by atoms with Gasteiger partial charge in [0, 0.05) is 0 Å². The van der Waals surface area contributed by atoms with E-state index < -0.39 is 5.82 Å². The Labute approximate surface area is 81.0 Å². The number of ether oxygens (including phenoxy) is 1. The van der Waals surface area contributed by atoms with Crippen molar-refractivity contribution in [3.63, 3.8) is 0 Å². The first-order chi connectivity index (χ1) is 6.77. The van der Waals surface area contributed by atoms with Crippen LogP contribution in [-0.2, 0) is 0 Å². The van der Waals surface area contributed by atoms with Crippen LogP contribution >= 0.6 is 0 Å². The van der Waals surface area contributed by atoms with E-state index in [0.717, 1.165) is 6.07 Å². The van der Waals surface area contributed by atoms with Gasteiger partial charge in [-0.1, -0.05) is 0 Å². The fraction of sp³-hybridized carbons (Fsp3) is 0.200. The molecule has 3 nitrogen and oxygen atoms in total. The quantitative estimate of drug-likeness (QED) is 0.685. The summed E-state index contributed by atoms with van der Waals surface area (Å²) in [6.45, 7) is 0.152. The van der Waals surface area contributed by atoms with Crippen molar-refractivity contribution in [3.05, 3.63) is 29.6 Å². The van der Waals surface area contributed by atoms with Crippen molar-refractivity contribution in [1.82, 2.24) is 0 Å². The normalized spacial score (nSPS) is 8.79. The number of rotatable bonds is 3. The first-order valence-corrected chi connectivity index (χ1v) is 3.97. The van der Waals surface area contributed by atoms with Crippen LogP contribution in [0.2, 0.25) is 0 Å². The van der Waals surface area contributed by atoms with Gasteiger partial charge in [-0.05, 0) is 18.2 Å². The summed E-state index contributed by atoms with van der Waals surface area (Å²) in [4.78, 5) is 0. The van der Waals surface area contributed by atoms with E-state index in [4.69, 9.17) is 15.3 Å². The van der Waals surface area contributed by atoms with Gasteiger partial charge < -0.3 is 4.74 Å². The van der Waals surface area contributed by atoms with Gasteiger partial charge in [-0.25, -0.2) is 4.39 Å². The fourth-order valence-electron chi connectivity index (χ4n) is 0.894. The number of halogens is 1. The summed E-state index contributed by atoms with van der Waals surface area (Å²) in [6, 6.07) is 7.64. The Morgan fingerprint density at radius 3 is 2.71 bits per heavy atom. The first-order valence-electron chi connectivity index (χ1n) is 3.97. The number of hydrogen-bond donors (Lipinski definition) is 0. The third kappa shape index (κ3) is 2.46. The van der Waals surface area contributed by atoms with Gasteiger partial charge in [0.05, 0.1) is 24.1 Å². The average Bonchev–Trinajstić information content (AvgIpc) is 2.20. The second kappa shape index (κ2) is 4.84. The van der Waals surface area contributed by atoms with E-state index >= 15 is 0 Å². The zero-order valence-corrected chi connectivity index (χ0v) is 7.33. The van der Waals surface area contributed by atoms with Crippen LogP contribution in [0.4, 0.5) is 4.39 Å². The van der Waals surface area contributed by atoms with E-state index in [0.29, 0.717) is 0 Å². The highest BCUT2D eigenvalue weighted by Gasteiger charge is 2.03. The molecule has 0 saturated carbocycles. The Morgan fingerprint density at radius 1 is 1.36 bits per heavy atom. The predicted octanol–water partition coefficient (Wildman–Crippen LogP) is 1.99. The van der Waals surface area contributed by atoms with Crippen molar-refractivity contribution in [3.8, 4) is 17.9 Å². The summed E-state index contributed by atoms with van der Waals surface area (Å²) in [6.07, 6.45) is 0.208. The lowest BCUT2D eigenvalue weighted by Crippen LogP contribution is -1.98. The lowest BCUT2D eigenvalue weighted by molar-refractivity contribution is 0.309. The lowest BCUT2D eigenvalue weighted by Gasteiger charge is -2.04. The van der Waals surface area contributed by atoms with Crippen molar-refractivity contribution in [1.29, 1.82) is 10.5 Å². The average molecular weight is 190 g/mol. The van der Waals surface area contributed by atoms with Gasteiger partial charge in [-0.3, -0.25) is 0 Å². The van der Waals surface area contributed by atoms with Crippen molar-refractivity contribution in [2.75, 3.05) is 6.61 Å². The molecule has 0 spiro atoms. The number of benzene rings is 1. The summed E-state index contributed by atoms with van der Waals surface area (Å²) >= 11 is 0. The Kier molecular flexibility index (Phi) is 3.46. The molecule has 0 atom stereocenters. The molecule has 0 heterocycles. The van der Waals surface area contributed by atoms with E-state index in [1.165, 1.54) is 12.1 Å². The van der Waals surface area contributed by atoms with Crippen LogP contribution in [0.1, 0.15) is 12.0 Å². The van der Waals surface area contributed by atoms with Crippen LogP contribution in [0, 0.1) is 28.5 Å². The molecule has 0 unspecified atom stereocenters. The minimum atomic E-state index is -0.581. The number of hydrogen-bond acceptors (Lipinski definition) is 3. The Hall–Kier alpha value is -2.07. The third-order valence-electron chi connectivity index (χ3n) is 1.53. The highest BCUT2D eigenvalue weighted by molar-refractivity contribution is 5.35. The predicted molar refractivity (Wildman–Crippen MR) is 46.8 cm³/mol. The number of nitrogens with zero attached hydrogens (tertiary/aromatic N) is 2. The summed E-state index contributed by atoms with van der Waals surface area (Å²) < 4.78 is 18.1. The summed E-state index contributed by atoms with van der Waals surface area (Å²) in [5, 5.41) is 16.7. The highest BCUT2D eigenvalue weighted by atomic mass is 19.1. The molecular weight excluding hydrogens is 183 g/mol. The van der Waals surface area contributed by atoms with Gasteiger partial charge in [0.2, 0.25) is 0 Å². The topological polar surface area (TPSA) is 56.8 Å². The Morgan fingerprint density at radius 2 is 2.14 bits per heavy atom. The minimum absolute atomic E-state index is 0.0688. The van der Waals surface area contributed by atoms with Gasteiger partial charge in [0.25, 0.3) is 0 Å². The molecule has 0 aliphatic heterocycles. The third-order valence-corrected chi connectivity index (χ3v) is 1.53. The van der Waals surface area contributed by atoms with Crippen LogP contribution in [0.15, 0.2) is 18.2 Å². The second-order valence-electron chi connectivity index (χ2n) is 2.51. The molecule has 1 aromatic rings. The monoisotopic (exact) mass is 190 g/mol. The van der Waals surface area contributed by atoms with Crippen LogP contribution in [0.3, 0.4) is 0 Å². The van der Waals surface area contributed by atoms with E-state index in [-0.39, 0.29) is 24.3 Å². The van der Waals surface area contributed by atoms with Crippen molar-refractivity contribution >= 4 is 0 Å².